The van der Waals surface area contributed by atoms with Gasteiger partial charge < -0.3 is 10.1 Å². The molecule has 1 heterocycles. The molecule has 1 aromatic rings. The minimum absolute atomic E-state index is 0.109. The average Bonchev–Trinajstić information content (AvgIpc) is 2.32. The van der Waals surface area contributed by atoms with E-state index in [1.807, 2.05) is 6.92 Å². The van der Waals surface area contributed by atoms with Crippen LogP contribution in [0.25, 0.3) is 0 Å². The van der Waals surface area contributed by atoms with Crippen molar-refractivity contribution in [1.29, 1.82) is 0 Å². The molecular weight excluding hydrogens is 266 g/mol. The fraction of sp³-hybridized carbons (Fsp3) is 0.462. The first-order valence-corrected chi connectivity index (χ1v) is 7.86. The Hall–Kier alpha value is -1.40. The first-order valence-electron chi connectivity index (χ1n) is 5.97. The second kappa shape index (κ2) is 4.94. The monoisotopic (exact) mass is 283 g/mol. The molecule has 6 heteroatoms. The third-order valence-corrected chi connectivity index (χ3v) is 4.40. The van der Waals surface area contributed by atoms with E-state index in [0.717, 1.165) is 6.26 Å². The maximum atomic E-state index is 11.9. The van der Waals surface area contributed by atoms with Crippen molar-refractivity contribution >= 4 is 15.7 Å². The van der Waals surface area contributed by atoms with Crippen LogP contribution < -0.4 is 5.32 Å². The summed E-state index contributed by atoms with van der Waals surface area (Å²) >= 11 is 0. The highest BCUT2D eigenvalue weighted by Crippen LogP contribution is 2.26. The number of carbonyl (C=O) groups is 1. The molecule has 104 valence electrons. The summed E-state index contributed by atoms with van der Waals surface area (Å²) in [5, 5.41) is 2.77. The Kier molecular flexibility index (Phi) is 3.64. The van der Waals surface area contributed by atoms with E-state index in [9.17, 15) is 13.2 Å². The maximum Gasteiger partial charge on any atom is 0.230 e. The first-order chi connectivity index (χ1) is 8.83. The summed E-state index contributed by atoms with van der Waals surface area (Å²) in [6, 6.07) is 6.67. The van der Waals surface area contributed by atoms with Crippen molar-refractivity contribution in [2.24, 2.45) is 5.41 Å². The lowest BCUT2D eigenvalue weighted by atomic mass is 9.87. The summed E-state index contributed by atoms with van der Waals surface area (Å²) in [6.07, 6.45) is 1.16. The fourth-order valence-corrected chi connectivity index (χ4v) is 2.88. The molecule has 2 rings (SSSR count). The summed E-state index contributed by atoms with van der Waals surface area (Å²) < 4.78 is 28.3. The van der Waals surface area contributed by atoms with Crippen LogP contribution in [0.3, 0.4) is 0 Å². The summed E-state index contributed by atoms with van der Waals surface area (Å²) in [5.41, 5.74) is 0.113. The van der Waals surface area contributed by atoms with Crippen LogP contribution in [0.1, 0.15) is 12.5 Å². The van der Waals surface area contributed by atoms with Crippen LogP contribution in [0.5, 0.6) is 0 Å². The smallest absolute Gasteiger partial charge is 0.230 e. The Morgan fingerprint density at radius 1 is 1.37 bits per heavy atom. The van der Waals surface area contributed by atoms with Crippen LogP contribution >= 0.6 is 0 Å². The van der Waals surface area contributed by atoms with Gasteiger partial charge in [0.25, 0.3) is 0 Å². The predicted octanol–water partition coefficient (Wildman–Crippen LogP) is 0.743. The van der Waals surface area contributed by atoms with E-state index in [1.54, 1.807) is 24.3 Å². The summed E-state index contributed by atoms with van der Waals surface area (Å²) in [6.45, 7) is 2.85. The molecule has 1 aliphatic heterocycles. The second-order valence-electron chi connectivity index (χ2n) is 5.12. The Labute approximate surface area is 112 Å². The number of carbonyl (C=O) groups excluding carboxylic acids is 1. The molecule has 0 bridgehead atoms. The summed E-state index contributed by atoms with van der Waals surface area (Å²) in [5.74, 6) is -0.109. The largest absolute Gasteiger partial charge is 0.379 e. The topological polar surface area (TPSA) is 72.5 Å². The Morgan fingerprint density at radius 2 is 2.00 bits per heavy atom. The van der Waals surface area contributed by atoms with Gasteiger partial charge in [-0.05, 0) is 18.6 Å². The third-order valence-electron chi connectivity index (χ3n) is 3.20. The maximum absolute atomic E-state index is 11.9. The molecule has 19 heavy (non-hydrogen) atoms. The van der Waals surface area contributed by atoms with E-state index < -0.39 is 15.3 Å². The molecule has 1 aromatic carbocycles. The fourth-order valence-electron chi connectivity index (χ4n) is 1.94. The van der Waals surface area contributed by atoms with Crippen LogP contribution in [0.15, 0.2) is 29.2 Å². The number of hydrogen-bond donors (Lipinski definition) is 1. The van der Waals surface area contributed by atoms with E-state index >= 15 is 0 Å². The average molecular weight is 283 g/mol. The zero-order valence-corrected chi connectivity index (χ0v) is 11.8. The van der Waals surface area contributed by atoms with E-state index in [2.05, 4.69) is 5.32 Å². The third kappa shape index (κ3) is 2.96. The number of ether oxygens (including phenoxy) is 1. The molecule has 0 atom stereocenters. The van der Waals surface area contributed by atoms with E-state index in [1.165, 1.54) is 0 Å². The molecule has 5 nitrogen and oxygen atoms in total. The van der Waals surface area contributed by atoms with Crippen molar-refractivity contribution < 1.29 is 17.9 Å². The van der Waals surface area contributed by atoms with Gasteiger partial charge in [0.15, 0.2) is 9.84 Å². The molecule has 0 aliphatic carbocycles. The number of benzene rings is 1. The quantitative estimate of drug-likeness (QED) is 0.884. The minimum atomic E-state index is -3.28. The molecule has 0 spiro atoms. The van der Waals surface area contributed by atoms with Gasteiger partial charge in [-0.2, -0.15) is 0 Å². The van der Waals surface area contributed by atoms with Gasteiger partial charge in [0.05, 0.1) is 23.5 Å². The first kappa shape index (κ1) is 14.0. The number of rotatable bonds is 4. The van der Waals surface area contributed by atoms with Crippen LogP contribution in [-0.4, -0.2) is 33.8 Å². The van der Waals surface area contributed by atoms with Crippen molar-refractivity contribution in [3.63, 3.8) is 0 Å². The number of amides is 1. The zero-order valence-electron chi connectivity index (χ0n) is 11.0. The van der Waals surface area contributed by atoms with Gasteiger partial charge in [-0.25, -0.2) is 8.42 Å². The second-order valence-corrected chi connectivity index (χ2v) is 7.10. The Bertz CT molecular complexity index is 590. The Morgan fingerprint density at radius 3 is 2.53 bits per heavy atom. The molecule has 1 N–H and O–H groups in total. The molecule has 1 fully saturated rings. The number of nitrogens with one attached hydrogen (secondary N) is 1. The molecular formula is C13H17NO4S. The van der Waals surface area contributed by atoms with Crippen molar-refractivity contribution in [1.82, 2.24) is 5.32 Å². The normalized spacial score (nSPS) is 17.6. The summed E-state index contributed by atoms with van der Waals surface area (Å²) in [4.78, 5) is 12.2. The van der Waals surface area contributed by atoms with Crippen molar-refractivity contribution in [2.45, 2.75) is 18.4 Å². The molecule has 1 saturated heterocycles. The lowest BCUT2D eigenvalue weighted by molar-refractivity contribution is -0.157. The van der Waals surface area contributed by atoms with Gasteiger partial charge >= 0.3 is 0 Å². The Balaban J connectivity index is 2.10. The standard InChI is InChI=1S/C13H17NO4S/c1-13(8-18-9-13)12(15)14-7-10-5-3-4-6-11(10)19(2,16)17/h3-6H,7-9H2,1-2H3,(H,14,15). The van der Waals surface area contributed by atoms with Gasteiger partial charge in [0.2, 0.25) is 5.91 Å². The van der Waals surface area contributed by atoms with Crippen molar-refractivity contribution in [3.8, 4) is 0 Å². The van der Waals surface area contributed by atoms with Gasteiger partial charge in [-0.1, -0.05) is 18.2 Å². The van der Waals surface area contributed by atoms with Crippen LogP contribution in [0.4, 0.5) is 0 Å². The molecule has 0 saturated carbocycles. The van der Waals surface area contributed by atoms with Crippen molar-refractivity contribution in [2.75, 3.05) is 19.5 Å². The van der Waals surface area contributed by atoms with Crippen LogP contribution in [0, 0.1) is 5.41 Å². The van der Waals surface area contributed by atoms with Gasteiger partial charge in [-0.3, -0.25) is 4.79 Å². The van der Waals surface area contributed by atoms with Crippen LogP contribution in [-0.2, 0) is 25.9 Å². The van der Waals surface area contributed by atoms with E-state index in [-0.39, 0.29) is 17.3 Å². The molecule has 1 amide bonds. The van der Waals surface area contributed by atoms with Crippen molar-refractivity contribution in [3.05, 3.63) is 29.8 Å². The predicted molar refractivity (Wildman–Crippen MR) is 70.3 cm³/mol. The molecule has 0 aromatic heterocycles. The molecule has 0 radical (unpaired) electrons. The van der Waals surface area contributed by atoms with Gasteiger partial charge in [0.1, 0.15) is 0 Å². The van der Waals surface area contributed by atoms with Crippen LogP contribution in [0.2, 0.25) is 0 Å². The summed E-state index contributed by atoms with van der Waals surface area (Å²) in [7, 11) is -3.28. The van der Waals surface area contributed by atoms with Gasteiger partial charge in [-0.15, -0.1) is 0 Å². The zero-order chi connectivity index (χ0) is 14.1. The highest BCUT2D eigenvalue weighted by molar-refractivity contribution is 7.90. The number of sulfone groups is 1. The molecule has 0 unspecified atom stereocenters. The highest BCUT2D eigenvalue weighted by atomic mass is 32.2. The lowest BCUT2D eigenvalue weighted by Gasteiger charge is -2.36. The van der Waals surface area contributed by atoms with E-state index in [0.29, 0.717) is 18.8 Å². The highest BCUT2D eigenvalue weighted by Gasteiger charge is 2.40. The number of hydrogen-bond acceptors (Lipinski definition) is 4. The minimum Gasteiger partial charge on any atom is -0.379 e. The van der Waals surface area contributed by atoms with E-state index in [4.69, 9.17) is 4.74 Å². The molecule has 1 aliphatic rings. The SMILES string of the molecule is CC1(C(=O)NCc2ccccc2S(C)(=O)=O)COC1. The lowest BCUT2D eigenvalue weighted by Crippen LogP contribution is -2.51. The van der Waals surface area contributed by atoms with Gasteiger partial charge in [0, 0.05) is 12.8 Å².